The van der Waals surface area contributed by atoms with Crippen LogP contribution in [0.25, 0.3) is 0 Å². The molecule has 0 fully saturated rings. The van der Waals surface area contributed by atoms with Crippen LogP contribution in [-0.2, 0) is 13.1 Å². The van der Waals surface area contributed by atoms with Crippen molar-refractivity contribution in [3.63, 3.8) is 0 Å². The average Bonchev–Trinajstić information content (AvgIpc) is 2.56. The molecule has 124 valence electrons. The molecule has 0 aliphatic carbocycles. The zero-order valence-corrected chi connectivity index (χ0v) is 14.3. The van der Waals surface area contributed by atoms with E-state index < -0.39 is 0 Å². The predicted molar refractivity (Wildman–Crippen MR) is 92.3 cm³/mol. The maximum absolute atomic E-state index is 5.93. The van der Waals surface area contributed by atoms with Crippen molar-refractivity contribution >= 4 is 0 Å². The van der Waals surface area contributed by atoms with Gasteiger partial charge >= 0.3 is 0 Å². The van der Waals surface area contributed by atoms with Gasteiger partial charge in [-0.3, -0.25) is 0 Å². The largest absolute Gasteiger partial charge is 0.496 e. The Morgan fingerprint density at radius 3 is 2.13 bits per heavy atom. The van der Waals surface area contributed by atoms with Gasteiger partial charge in [-0.2, -0.15) is 0 Å². The van der Waals surface area contributed by atoms with Gasteiger partial charge in [0.05, 0.1) is 20.3 Å². The van der Waals surface area contributed by atoms with Crippen molar-refractivity contribution < 1.29 is 14.2 Å². The molecule has 0 aliphatic rings. The quantitative estimate of drug-likeness (QED) is 0.805. The van der Waals surface area contributed by atoms with Gasteiger partial charge in [0.25, 0.3) is 0 Å². The summed E-state index contributed by atoms with van der Waals surface area (Å²) in [6.45, 7) is 5.44. The Balaban J connectivity index is 2.08. The molecule has 23 heavy (non-hydrogen) atoms. The van der Waals surface area contributed by atoms with Gasteiger partial charge in [0.2, 0.25) is 0 Å². The fourth-order valence-electron chi connectivity index (χ4n) is 2.41. The van der Waals surface area contributed by atoms with E-state index in [1.807, 2.05) is 44.2 Å². The SMILES string of the molecule is COc1ccccc1CNCc1cccc(OC)c1OC(C)C. The molecular formula is C19H25NO3. The van der Waals surface area contributed by atoms with Crippen LogP contribution in [0, 0.1) is 0 Å². The maximum atomic E-state index is 5.93. The van der Waals surface area contributed by atoms with Crippen LogP contribution in [-0.4, -0.2) is 20.3 Å². The van der Waals surface area contributed by atoms with E-state index in [1.54, 1.807) is 14.2 Å². The highest BCUT2D eigenvalue weighted by Crippen LogP contribution is 2.32. The number of hydrogen-bond acceptors (Lipinski definition) is 4. The van der Waals surface area contributed by atoms with E-state index in [-0.39, 0.29) is 6.10 Å². The first-order valence-corrected chi connectivity index (χ1v) is 7.80. The summed E-state index contributed by atoms with van der Waals surface area (Å²) in [5.41, 5.74) is 2.21. The lowest BCUT2D eigenvalue weighted by Crippen LogP contribution is -2.16. The number of benzene rings is 2. The maximum Gasteiger partial charge on any atom is 0.166 e. The fourth-order valence-corrected chi connectivity index (χ4v) is 2.41. The summed E-state index contributed by atoms with van der Waals surface area (Å²) in [6.07, 6.45) is 0.0965. The third kappa shape index (κ3) is 4.63. The second-order valence-electron chi connectivity index (χ2n) is 5.53. The molecule has 0 atom stereocenters. The monoisotopic (exact) mass is 315 g/mol. The van der Waals surface area contributed by atoms with E-state index in [2.05, 4.69) is 17.4 Å². The number of ether oxygens (including phenoxy) is 3. The first-order chi connectivity index (χ1) is 11.2. The van der Waals surface area contributed by atoms with E-state index in [1.165, 1.54) is 0 Å². The lowest BCUT2D eigenvalue weighted by molar-refractivity contribution is 0.227. The van der Waals surface area contributed by atoms with E-state index in [0.29, 0.717) is 6.54 Å². The molecule has 0 aliphatic heterocycles. The Morgan fingerprint density at radius 1 is 0.826 bits per heavy atom. The van der Waals surface area contributed by atoms with Crippen LogP contribution in [0.5, 0.6) is 17.2 Å². The molecule has 4 heteroatoms. The minimum Gasteiger partial charge on any atom is -0.496 e. The lowest BCUT2D eigenvalue weighted by Gasteiger charge is -2.18. The number of methoxy groups -OCH3 is 2. The molecule has 2 rings (SSSR count). The van der Waals surface area contributed by atoms with E-state index in [0.717, 1.165) is 34.9 Å². The zero-order valence-electron chi connectivity index (χ0n) is 14.3. The Morgan fingerprint density at radius 2 is 1.43 bits per heavy atom. The standard InChI is InChI=1S/C19H25NO3/c1-14(2)23-19-16(9-7-11-18(19)22-4)13-20-12-15-8-5-6-10-17(15)21-3/h5-11,14,20H,12-13H2,1-4H3. The van der Waals surface area contributed by atoms with Gasteiger partial charge in [-0.15, -0.1) is 0 Å². The van der Waals surface area contributed by atoms with E-state index in [4.69, 9.17) is 14.2 Å². The molecular weight excluding hydrogens is 290 g/mol. The highest BCUT2D eigenvalue weighted by atomic mass is 16.5. The van der Waals surface area contributed by atoms with Crippen LogP contribution in [0.1, 0.15) is 25.0 Å². The highest BCUT2D eigenvalue weighted by Gasteiger charge is 2.12. The van der Waals surface area contributed by atoms with Crippen molar-refractivity contribution in [2.75, 3.05) is 14.2 Å². The van der Waals surface area contributed by atoms with Gasteiger partial charge in [-0.25, -0.2) is 0 Å². The third-order valence-electron chi connectivity index (χ3n) is 3.46. The summed E-state index contributed by atoms with van der Waals surface area (Å²) < 4.78 is 16.7. The van der Waals surface area contributed by atoms with Crippen LogP contribution in [0.15, 0.2) is 42.5 Å². The van der Waals surface area contributed by atoms with E-state index >= 15 is 0 Å². The topological polar surface area (TPSA) is 39.7 Å². The summed E-state index contributed by atoms with van der Waals surface area (Å²) in [6, 6.07) is 14.0. The van der Waals surface area contributed by atoms with Gasteiger partial charge in [0, 0.05) is 24.2 Å². The Kier molecular flexibility index (Phi) is 6.29. The van der Waals surface area contributed by atoms with Crippen LogP contribution in [0.4, 0.5) is 0 Å². The molecule has 1 N–H and O–H groups in total. The number of nitrogens with one attached hydrogen (secondary N) is 1. The smallest absolute Gasteiger partial charge is 0.166 e. The van der Waals surface area contributed by atoms with Crippen LogP contribution >= 0.6 is 0 Å². The van der Waals surface area contributed by atoms with Crippen molar-refractivity contribution in [1.29, 1.82) is 0 Å². The molecule has 0 aromatic heterocycles. The Labute approximate surface area is 138 Å². The number of rotatable bonds is 8. The second-order valence-corrected chi connectivity index (χ2v) is 5.53. The van der Waals surface area contributed by atoms with Gasteiger partial charge in [-0.1, -0.05) is 30.3 Å². The minimum absolute atomic E-state index is 0.0965. The molecule has 0 amide bonds. The molecule has 0 spiro atoms. The fraction of sp³-hybridized carbons (Fsp3) is 0.368. The van der Waals surface area contributed by atoms with Crippen LogP contribution in [0.3, 0.4) is 0 Å². The Hall–Kier alpha value is -2.20. The van der Waals surface area contributed by atoms with Gasteiger partial charge in [-0.05, 0) is 26.0 Å². The molecule has 0 radical (unpaired) electrons. The molecule has 0 bridgehead atoms. The summed E-state index contributed by atoms with van der Waals surface area (Å²) in [5, 5.41) is 3.44. The van der Waals surface area contributed by atoms with Crippen molar-refractivity contribution in [2.45, 2.75) is 33.0 Å². The molecule has 0 unspecified atom stereocenters. The summed E-state index contributed by atoms with van der Waals surface area (Å²) >= 11 is 0. The predicted octanol–water partition coefficient (Wildman–Crippen LogP) is 3.78. The van der Waals surface area contributed by atoms with Gasteiger partial charge < -0.3 is 19.5 Å². The van der Waals surface area contributed by atoms with Crippen molar-refractivity contribution in [1.82, 2.24) is 5.32 Å². The normalized spacial score (nSPS) is 10.7. The van der Waals surface area contributed by atoms with Crippen LogP contribution in [0.2, 0.25) is 0 Å². The molecule has 4 nitrogen and oxygen atoms in total. The lowest BCUT2D eigenvalue weighted by atomic mass is 10.1. The van der Waals surface area contributed by atoms with Gasteiger partial charge in [0.15, 0.2) is 11.5 Å². The summed E-state index contributed by atoms with van der Waals surface area (Å²) in [5.74, 6) is 2.46. The summed E-state index contributed by atoms with van der Waals surface area (Å²) in [7, 11) is 3.35. The first kappa shape index (κ1) is 17.2. The minimum atomic E-state index is 0.0965. The third-order valence-corrected chi connectivity index (χ3v) is 3.46. The molecule has 2 aromatic carbocycles. The highest BCUT2D eigenvalue weighted by molar-refractivity contribution is 5.46. The number of hydrogen-bond donors (Lipinski definition) is 1. The second kappa shape index (κ2) is 8.44. The van der Waals surface area contributed by atoms with E-state index in [9.17, 15) is 0 Å². The molecule has 0 saturated heterocycles. The first-order valence-electron chi connectivity index (χ1n) is 7.80. The zero-order chi connectivity index (χ0) is 16.7. The summed E-state index contributed by atoms with van der Waals surface area (Å²) in [4.78, 5) is 0. The van der Waals surface area contributed by atoms with Crippen LogP contribution < -0.4 is 19.5 Å². The van der Waals surface area contributed by atoms with Crippen molar-refractivity contribution in [2.24, 2.45) is 0 Å². The van der Waals surface area contributed by atoms with Crippen molar-refractivity contribution in [3.8, 4) is 17.2 Å². The Bertz CT molecular complexity index is 626. The molecule has 0 saturated carbocycles. The molecule has 0 heterocycles. The van der Waals surface area contributed by atoms with Crippen molar-refractivity contribution in [3.05, 3.63) is 53.6 Å². The number of para-hydroxylation sites is 2. The molecule has 2 aromatic rings. The van der Waals surface area contributed by atoms with Gasteiger partial charge in [0.1, 0.15) is 5.75 Å². The average molecular weight is 315 g/mol.